The Bertz CT molecular complexity index is 1240. The standard InChI is InChI=1S/C27H27F3O4S/c1-3-33-26(27(28,29)30)25(20-17-22-13-7-4-8-14-22,35(31,32)23-15-9-5-10-16-23)21(2)24(34-26)18-11-6-12-19-24/h4-5,7-10,13-16H,2-3,6,11-12,18-19H2,1H3/t25-,26+/m1/s1. The molecule has 1 saturated heterocycles. The summed E-state index contributed by atoms with van der Waals surface area (Å²) in [6.07, 6.45) is -2.87. The molecule has 0 aromatic heterocycles. The van der Waals surface area contributed by atoms with E-state index in [1.165, 1.54) is 31.2 Å². The molecule has 1 aliphatic carbocycles. The quantitative estimate of drug-likeness (QED) is 0.388. The number of ether oxygens (including phenoxy) is 2. The predicted molar refractivity (Wildman–Crippen MR) is 126 cm³/mol. The molecule has 8 heteroatoms. The summed E-state index contributed by atoms with van der Waals surface area (Å²) < 4.78 is 82.5. The summed E-state index contributed by atoms with van der Waals surface area (Å²) >= 11 is 0. The first-order chi connectivity index (χ1) is 16.6. The van der Waals surface area contributed by atoms with Crippen LogP contribution in [0.3, 0.4) is 0 Å². The van der Waals surface area contributed by atoms with Crippen LogP contribution in [-0.4, -0.2) is 37.3 Å². The van der Waals surface area contributed by atoms with Crippen molar-refractivity contribution in [3.8, 4) is 11.8 Å². The van der Waals surface area contributed by atoms with Gasteiger partial charge in [-0.25, -0.2) is 8.42 Å². The van der Waals surface area contributed by atoms with Gasteiger partial charge in [-0.3, -0.25) is 0 Å². The molecule has 2 aromatic rings. The fourth-order valence-corrected chi connectivity index (χ4v) is 7.29. The molecule has 1 saturated carbocycles. The molecule has 0 radical (unpaired) electrons. The summed E-state index contributed by atoms with van der Waals surface area (Å²) in [6, 6.07) is 15.3. The highest BCUT2D eigenvalue weighted by Crippen LogP contribution is 2.63. The minimum atomic E-state index is -5.24. The van der Waals surface area contributed by atoms with E-state index >= 15 is 13.2 Å². The number of alkyl halides is 3. The first-order valence-corrected chi connectivity index (χ1v) is 13.0. The highest BCUT2D eigenvalue weighted by atomic mass is 32.2. The molecular formula is C27H27F3O4S. The average molecular weight is 505 g/mol. The summed E-state index contributed by atoms with van der Waals surface area (Å²) in [7, 11) is -4.85. The molecule has 1 aliphatic heterocycles. The molecular weight excluding hydrogens is 477 g/mol. The topological polar surface area (TPSA) is 52.6 Å². The largest absolute Gasteiger partial charge is 0.446 e. The van der Waals surface area contributed by atoms with Gasteiger partial charge in [0.15, 0.2) is 0 Å². The van der Waals surface area contributed by atoms with Crippen LogP contribution in [0.5, 0.6) is 0 Å². The number of benzene rings is 2. The minimum absolute atomic E-state index is 0.204. The Labute approximate surface area is 204 Å². The van der Waals surface area contributed by atoms with Crippen molar-refractivity contribution in [3.63, 3.8) is 0 Å². The van der Waals surface area contributed by atoms with Crippen LogP contribution in [0, 0.1) is 11.8 Å². The first-order valence-electron chi connectivity index (χ1n) is 11.5. The molecule has 0 N–H and O–H groups in total. The summed E-state index contributed by atoms with van der Waals surface area (Å²) in [5.74, 6) is 1.68. The number of hydrogen-bond donors (Lipinski definition) is 0. The monoisotopic (exact) mass is 504 g/mol. The zero-order chi connectivity index (χ0) is 25.4. The van der Waals surface area contributed by atoms with Crippen molar-refractivity contribution in [3.05, 3.63) is 78.4 Å². The summed E-state index contributed by atoms with van der Waals surface area (Å²) in [5, 5.41) is 0. The van der Waals surface area contributed by atoms with Gasteiger partial charge in [0.2, 0.25) is 14.6 Å². The zero-order valence-electron chi connectivity index (χ0n) is 19.4. The second-order valence-electron chi connectivity index (χ2n) is 8.80. The lowest BCUT2D eigenvalue weighted by atomic mass is 9.76. The van der Waals surface area contributed by atoms with Crippen molar-refractivity contribution in [1.82, 2.24) is 0 Å². The molecule has 0 amide bonds. The predicted octanol–water partition coefficient (Wildman–Crippen LogP) is 5.84. The van der Waals surface area contributed by atoms with Gasteiger partial charge in [-0.05, 0) is 49.6 Å². The van der Waals surface area contributed by atoms with Crippen molar-refractivity contribution in [2.24, 2.45) is 0 Å². The molecule has 186 valence electrons. The van der Waals surface area contributed by atoms with E-state index in [-0.39, 0.29) is 23.3 Å². The lowest BCUT2D eigenvalue weighted by molar-refractivity contribution is -0.388. The first kappa shape index (κ1) is 25.5. The van der Waals surface area contributed by atoms with E-state index in [9.17, 15) is 8.42 Å². The Morgan fingerprint density at radius 2 is 1.57 bits per heavy atom. The Balaban J connectivity index is 2.12. The maximum Gasteiger partial charge on any atom is 0.446 e. The Morgan fingerprint density at radius 1 is 1.00 bits per heavy atom. The minimum Gasteiger partial charge on any atom is -0.341 e. The number of sulfone groups is 1. The van der Waals surface area contributed by atoms with Gasteiger partial charge in [0.05, 0.1) is 10.5 Å². The van der Waals surface area contributed by atoms with Crippen molar-refractivity contribution in [2.75, 3.05) is 6.61 Å². The van der Waals surface area contributed by atoms with E-state index in [2.05, 4.69) is 18.4 Å². The maximum atomic E-state index is 15.2. The zero-order valence-corrected chi connectivity index (χ0v) is 20.2. The van der Waals surface area contributed by atoms with Crippen molar-refractivity contribution < 1.29 is 31.1 Å². The molecule has 2 aliphatic rings. The van der Waals surface area contributed by atoms with Crippen LogP contribution in [0.2, 0.25) is 0 Å². The summed E-state index contributed by atoms with van der Waals surface area (Å²) in [5.41, 5.74) is -1.39. The average Bonchev–Trinajstić information content (AvgIpc) is 3.05. The highest BCUT2D eigenvalue weighted by molar-refractivity contribution is 7.93. The van der Waals surface area contributed by atoms with Gasteiger partial charge in [0, 0.05) is 12.2 Å². The van der Waals surface area contributed by atoms with Gasteiger partial charge in [-0.1, -0.05) is 74.1 Å². The molecule has 1 heterocycles. The molecule has 2 aromatic carbocycles. The third-order valence-corrected chi connectivity index (χ3v) is 9.09. The fraction of sp³-hybridized carbons (Fsp3) is 0.407. The maximum absolute atomic E-state index is 15.2. The normalized spacial score (nSPS) is 26.3. The Hall–Kier alpha value is -2.60. The lowest BCUT2D eigenvalue weighted by Crippen LogP contribution is -2.65. The number of halogens is 3. The van der Waals surface area contributed by atoms with Gasteiger partial charge < -0.3 is 9.47 Å². The van der Waals surface area contributed by atoms with E-state index in [0.717, 1.165) is 6.42 Å². The fourth-order valence-electron chi connectivity index (χ4n) is 5.15. The second-order valence-corrected chi connectivity index (χ2v) is 10.9. The van der Waals surface area contributed by atoms with Crippen molar-refractivity contribution >= 4 is 9.84 Å². The highest BCUT2D eigenvalue weighted by Gasteiger charge is 2.83. The lowest BCUT2D eigenvalue weighted by Gasteiger charge is -2.41. The van der Waals surface area contributed by atoms with Gasteiger partial charge in [0.1, 0.15) is 0 Å². The second kappa shape index (κ2) is 9.12. The molecule has 0 unspecified atom stereocenters. The van der Waals surface area contributed by atoms with Crippen molar-refractivity contribution in [1.29, 1.82) is 0 Å². The number of rotatable bonds is 4. The van der Waals surface area contributed by atoms with E-state index in [1.807, 2.05) is 0 Å². The number of hydrogen-bond acceptors (Lipinski definition) is 4. The smallest absolute Gasteiger partial charge is 0.341 e. The van der Waals surface area contributed by atoms with Gasteiger partial charge in [-0.15, -0.1) is 0 Å². The van der Waals surface area contributed by atoms with Crippen LogP contribution in [0.15, 0.2) is 77.7 Å². The molecule has 35 heavy (non-hydrogen) atoms. The van der Waals surface area contributed by atoms with Crippen LogP contribution in [-0.2, 0) is 19.3 Å². The van der Waals surface area contributed by atoms with Crippen LogP contribution < -0.4 is 0 Å². The van der Waals surface area contributed by atoms with Gasteiger partial charge in [0.25, 0.3) is 0 Å². The molecule has 2 atom stereocenters. The van der Waals surface area contributed by atoms with Crippen LogP contribution in [0.25, 0.3) is 0 Å². The molecule has 1 spiro atoms. The molecule has 0 bridgehead atoms. The van der Waals surface area contributed by atoms with E-state index < -0.39 is 38.8 Å². The molecule has 4 rings (SSSR count). The third-order valence-electron chi connectivity index (χ3n) is 6.77. The van der Waals surface area contributed by atoms with Gasteiger partial charge in [-0.2, -0.15) is 13.2 Å². The molecule has 2 fully saturated rings. The van der Waals surface area contributed by atoms with E-state index in [0.29, 0.717) is 18.4 Å². The van der Waals surface area contributed by atoms with Crippen LogP contribution in [0.4, 0.5) is 13.2 Å². The van der Waals surface area contributed by atoms with Gasteiger partial charge >= 0.3 is 12.0 Å². The van der Waals surface area contributed by atoms with Crippen LogP contribution >= 0.6 is 0 Å². The Morgan fingerprint density at radius 3 is 2.11 bits per heavy atom. The Kier molecular flexibility index (Phi) is 6.64. The van der Waals surface area contributed by atoms with E-state index in [4.69, 9.17) is 9.47 Å². The van der Waals surface area contributed by atoms with Crippen molar-refractivity contribution in [2.45, 2.75) is 66.2 Å². The third kappa shape index (κ3) is 3.81. The summed E-state index contributed by atoms with van der Waals surface area (Å²) in [6.45, 7) is 4.92. The molecule has 4 nitrogen and oxygen atoms in total. The summed E-state index contributed by atoms with van der Waals surface area (Å²) in [4.78, 5) is -0.312. The van der Waals surface area contributed by atoms with Crippen LogP contribution in [0.1, 0.15) is 44.6 Å². The van der Waals surface area contributed by atoms with E-state index in [1.54, 1.807) is 36.4 Å². The SMILES string of the molecule is C=C1C2(CCCCC2)O[C@](OCC)(C(F)(F)F)[C@]1(C#Cc1ccccc1)S(=O)(=O)c1ccccc1.